The van der Waals surface area contributed by atoms with E-state index in [1.807, 2.05) is 19.1 Å². The summed E-state index contributed by atoms with van der Waals surface area (Å²) in [5.74, 6) is 1.27. The van der Waals surface area contributed by atoms with Gasteiger partial charge >= 0.3 is 5.97 Å². The van der Waals surface area contributed by atoms with Gasteiger partial charge in [-0.05, 0) is 62.1 Å². The molecule has 0 radical (unpaired) electrons. The summed E-state index contributed by atoms with van der Waals surface area (Å²) in [5, 5.41) is 3.88. The highest BCUT2D eigenvalue weighted by atomic mass is 19.1. The Labute approximate surface area is 169 Å². The van der Waals surface area contributed by atoms with E-state index in [2.05, 4.69) is 17.4 Å². The Bertz CT molecular complexity index is 597. The zero-order valence-corrected chi connectivity index (χ0v) is 17.3. The van der Waals surface area contributed by atoms with E-state index in [0.717, 1.165) is 31.7 Å². The smallest absolute Gasteiger partial charge is 0.306 e. The van der Waals surface area contributed by atoms with Crippen molar-refractivity contribution in [2.45, 2.75) is 83.3 Å². The van der Waals surface area contributed by atoms with E-state index < -0.39 is 6.67 Å². The van der Waals surface area contributed by atoms with Crippen LogP contribution in [0.1, 0.15) is 81.8 Å². The molecule has 0 aromatic heterocycles. The molecule has 2 aliphatic rings. The molecule has 0 saturated heterocycles. The first-order chi connectivity index (χ1) is 13.7. The third-order valence-corrected chi connectivity index (χ3v) is 6.68. The van der Waals surface area contributed by atoms with Crippen molar-refractivity contribution in [1.82, 2.24) is 5.32 Å². The van der Waals surface area contributed by atoms with Gasteiger partial charge in [-0.3, -0.25) is 4.79 Å². The summed E-state index contributed by atoms with van der Waals surface area (Å²) >= 11 is 0. The minimum absolute atomic E-state index is 0.0918. The molecule has 28 heavy (non-hydrogen) atoms. The van der Waals surface area contributed by atoms with Gasteiger partial charge in [-0.1, -0.05) is 49.9 Å². The van der Waals surface area contributed by atoms with Gasteiger partial charge in [0.15, 0.2) is 0 Å². The number of esters is 1. The van der Waals surface area contributed by atoms with E-state index in [9.17, 15) is 9.18 Å². The molecular weight excluding hydrogens is 353 g/mol. The van der Waals surface area contributed by atoms with Crippen LogP contribution in [0.5, 0.6) is 0 Å². The third kappa shape index (κ3) is 5.79. The zero-order chi connectivity index (χ0) is 19.8. The van der Waals surface area contributed by atoms with Crippen LogP contribution in [0.2, 0.25) is 0 Å². The highest BCUT2D eigenvalue weighted by Gasteiger charge is 2.36. The predicted molar refractivity (Wildman–Crippen MR) is 111 cm³/mol. The highest BCUT2D eigenvalue weighted by Crippen LogP contribution is 2.40. The summed E-state index contributed by atoms with van der Waals surface area (Å²) in [4.78, 5) is 12.2. The first-order valence-corrected chi connectivity index (χ1v) is 11.2. The van der Waals surface area contributed by atoms with Gasteiger partial charge in [0.2, 0.25) is 0 Å². The van der Waals surface area contributed by atoms with Gasteiger partial charge in [0.25, 0.3) is 0 Å². The summed E-state index contributed by atoms with van der Waals surface area (Å²) in [7, 11) is 0. The molecule has 0 heterocycles. The standard InChI is InChI=1S/C24H36FNO2/c1-2-28-23(27)15-21-9-6-10-22(26-17-19-7-4-3-5-8-19)24(21)20-13-11-18(16-25)12-14-20/h11-14,19,21-22,24,26H,2-10,15-17H2,1H3/t21-,22-,24-/m1/s1. The third-order valence-electron chi connectivity index (χ3n) is 6.68. The van der Waals surface area contributed by atoms with Crippen molar-refractivity contribution in [3.05, 3.63) is 35.4 Å². The quantitative estimate of drug-likeness (QED) is 0.594. The molecule has 156 valence electrons. The van der Waals surface area contributed by atoms with E-state index in [-0.39, 0.29) is 17.8 Å². The van der Waals surface area contributed by atoms with Crippen molar-refractivity contribution in [3.63, 3.8) is 0 Å². The zero-order valence-electron chi connectivity index (χ0n) is 17.3. The Hall–Kier alpha value is -1.42. The molecule has 0 unspecified atom stereocenters. The van der Waals surface area contributed by atoms with Gasteiger partial charge in [-0.15, -0.1) is 0 Å². The lowest BCUT2D eigenvalue weighted by Crippen LogP contribution is -2.44. The Morgan fingerprint density at radius 3 is 2.50 bits per heavy atom. The largest absolute Gasteiger partial charge is 0.466 e. The van der Waals surface area contributed by atoms with Crippen LogP contribution in [0.4, 0.5) is 4.39 Å². The van der Waals surface area contributed by atoms with E-state index in [4.69, 9.17) is 4.74 Å². The molecule has 3 nitrogen and oxygen atoms in total. The number of carbonyl (C=O) groups excluding carboxylic acids is 1. The van der Waals surface area contributed by atoms with Crippen LogP contribution in [0.3, 0.4) is 0 Å². The molecule has 2 fully saturated rings. The summed E-state index contributed by atoms with van der Waals surface area (Å²) in [6.45, 7) is 2.95. The second kappa shape index (κ2) is 10.9. The SMILES string of the molecule is CCOC(=O)C[C@H]1CCC[C@@H](NCC2CCCCC2)[C@@H]1c1ccc(CF)cc1. The van der Waals surface area contributed by atoms with Crippen LogP contribution in [0, 0.1) is 11.8 Å². The number of halogens is 1. The minimum Gasteiger partial charge on any atom is -0.466 e. The average molecular weight is 390 g/mol. The molecule has 1 aromatic carbocycles. The molecule has 2 aliphatic carbocycles. The van der Waals surface area contributed by atoms with Gasteiger partial charge in [0.1, 0.15) is 6.67 Å². The van der Waals surface area contributed by atoms with Crippen molar-refractivity contribution in [2.75, 3.05) is 13.2 Å². The van der Waals surface area contributed by atoms with Gasteiger partial charge in [-0.25, -0.2) is 4.39 Å². The maximum absolute atomic E-state index is 13.0. The Morgan fingerprint density at radius 2 is 1.82 bits per heavy atom. The van der Waals surface area contributed by atoms with Crippen LogP contribution >= 0.6 is 0 Å². The molecule has 3 rings (SSSR count). The number of carbonyl (C=O) groups is 1. The Morgan fingerprint density at radius 1 is 1.07 bits per heavy atom. The molecule has 3 atom stereocenters. The van der Waals surface area contributed by atoms with Gasteiger partial charge in [-0.2, -0.15) is 0 Å². The molecule has 0 aliphatic heterocycles. The molecule has 0 bridgehead atoms. The van der Waals surface area contributed by atoms with E-state index in [1.54, 1.807) is 0 Å². The number of nitrogens with one attached hydrogen (secondary N) is 1. The summed E-state index contributed by atoms with van der Waals surface area (Å²) in [6, 6.07) is 8.30. The number of hydrogen-bond donors (Lipinski definition) is 1. The van der Waals surface area contributed by atoms with Crippen molar-refractivity contribution in [1.29, 1.82) is 0 Å². The number of benzene rings is 1. The van der Waals surface area contributed by atoms with Crippen LogP contribution in [0.15, 0.2) is 24.3 Å². The Balaban J connectivity index is 1.73. The molecule has 1 aromatic rings. The minimum atomic E-state index is -0.430. The van der Waals surface area contributed by atoms with Gasteiger partial charge in [0, 0.05) is 18.4 Å². The Kier molecular flexibility index (Phi) is 8.32. The van der Waals surface area contributed by atoms with Crippen molar-refractivity contribution < 1.29 is 13.9 Å². The fourth-order valence-electron chi connectivity index (χ4n) is 5.22. The number of alkyl halides is 1. The molecule has 1 N–H and O–H groups in total. The van der Waals surface area contributed by atoms with Crippen LogP contribution in [-0.2, 0) is 16.2 Å². The van der Waals surface area contributed by atoms with E-state index in [0.29, 0.717) is 24.6 Å². The highest BCUT2D eigenvalue weighted by molar-refractivity contribution is 5.69. The monoisotopic (exact) mass is 389 g/mol. The first-order valence-electron chi connectivity index (χ1n) is 11.2. The maximum Gasteiger partial charge on any atom is 0.306 e. The second-order valence-electron chi connectivity index (χ2n) is 8.62. The summed E-state index contributed by atoms with van der Waals surface area (Å²) in [6.07, 6.45) is 10.6. The van der Waals surface area contributed by atoms with Crippen molar-refractivity contribution in [3.8, 4) is 0 Å². The van der Waals surface area contributed by atoms with E-state index >= 15 is 0 Å². The topological polar surface area (TPSA) is 38.3 Å². The first kappa shape index (κ1) is 21.3. The normalized spacial score (nSPS) is 26.1. The lowest BCUT2D eigenvalue weighted by Gasteiger charge is -2.40. The number of hydrogen-bond acceptors (Lipinski definition) is 3. The van der Waals surface area contributed by atoms with Crippen LogP contribution in [-0.4, -0.2) is 25.2 Å². The lowest BCUT2D eigenvalue weighted by molar-refractivity contribution is -0.144. The van der Waals surface area contributed by atoms with Crippen molar-refractivity contribution >= 4 is 5.97 Å². The van der Waals surface area contributed by atoms with Crippen LogP contribution < -0.4 is 5.32 Å². The second-order valence-corrected chi connectivity index (χ2v) is 8.62. The summed E-state index contributed by atoms with van der Waals surface area (Å²) < 4.78 is 18.2. The number of rotatable bonds is 8. The fourth-order valence-corrected chi connectivity index (χ4v) is 5.22. The molecule has 4 heteroatoms. The van der Waals surface area contributed by atoms with Crippen LogP contribution in [0.25, 0.3) is 0 Å². The number of ether oxygens (including phenoxy) is 1. The maximum atomic E-state index is 13.0. The predicted octanol–water partition coefficient (Wildman–Crippen LogP) is 5.53. The summed E-state index contributed by atoms with van der Waals surface area (Å²) in [5.41, 5.74) is 1.94. The van der Waals surface area contributed by atoms with E-state index in [1.165, 1.54) is 37.7 Å². The molecule has 0 amide bonds. The lowest BCUT2D eigenvalue weighted by atomic mass is 9.70. The fraction of sp³-hybridized carbons (Fsp3) is 0.708. The molecule has 0 spiro atoms. The van der Waals surface area contributed by atoms with Gasteiger partial charge < -0.3 is 10.1 Å². The van der Waals surface area contributed by atoms with Gasteiger partial charge in [0.05, 0.1) is 6.61 Å². The average Bonchev–Trinajstić information content (AvgIpc) is 2.73. The molecule has 2 saturated carbocycles. The van der Waals surface area contributed by atoms with Crippen molar-refractivity contribution in [2.24, 2.45) is 11.8 Å². The molecular formula is C24H36FNO2.